The number of amides is 3. The van der Waals surface area contributed by atoms with Gasteiger partial charge in [-0.25, -0.2) is 4.79 Å². The Balaban J connectivity index is 4.07. The lowest BCUT2D eigenvalue weighted by molar-refractivity contribution is -0.115. The highest BCUT2D eigenvalue weighted by molar-refractivity contribution is 5.84. The molecule has 0 radical (unpaired) electrons. The van der Waals surface area contributed by atoms with Crippen molar-refractivity contribution in [3.63, 3.8) is 0 Å². The van der Waals surface area contributed by atoms with Crippen LogP contribution in [0.3, 0.4) is 0 Å². The summed E-state index contributed by atoms with van der Waals surface area (Å²) in [4.78, 5) is 23.3. The van der Waals surface area contributed by atoms with Crippen molar-refractivity contribution in [2.45, 2.75) is 39.2 Å². The maximum Gasteiger partial charge on any atom is 0.324 e. The van der Waals surface area contributed by atoms with E-state index < -0.39 is 0 Å². The van der Waals surface area contributed by atoms with Gasteiger partial charge in [-0.15, -0.1) is 0 Å². The highest BCUT2D eigenvalue weighted by Crippen LogP contribution is 1.98. The molecule has 0 saturated carbocycles. The number of hydrogen-bond acceptors (Lipinski definition) is 3. The fraction of sp³-hybridized carbons (Fsp3) is 0.800. The Morgan fingerprint density at radius 2 is 2.07 bits per heavy atom. The van der Waals surface area contributed by atoms with Crippen LogP contribution in [-0.2, 0) is 4.79 Å². The molecule has 15 heavy (non-hydrogen) atoms. The Morgan fingerprint density at radius 3 is 2.47 bits per heavy atom. The predicted molar refractivity (Wildman–Crippen MR) is 59.3 cm³/mol. The average Bonchev–Trinajstić information content (AvgIpc) is 2.26. The van der Waals surface area contributed by atoms with Gasteiger partial charge in [-0.3, -0.25) is 9.69 Å². The van der Waals surface area contributed by atoms with Gasteiger partial charge in [0.15, 0.2) is 0 Å². The molecule has 0 saturated heterocycles. The lowest BCUT2D eigenvalue weighted by atomic mass is 10.2. The molecule has 0 aliphatic carbocycles. The molecule has 0 rings (SSSR count). The molecule has 5 heteroatoms. The van der Waals surface area contributed by atoms with Crippen molar-refractivity contribution in [2.75, 3.05) is 13.1 Å². The topological polar surface area (TPSA) is 75.4 Å². The van der Waals surface area contributed by atoms with Crippen LogP contribution in [0.25, 0.3) is 0 Å². The molecule has 3 N–H and O–H groups in total. The third kappa shape index (κ3) is 5.37. The number of carbonyl (C=O) groups excluding carboxylic acids is 2. The van der Waals surface area contributed by atoms with E-state index in [9.17, 15) is 9.59 Å². The van der Waals surface area contributed by atoms with Crippen LogP contribution in [0, 0.1) is 0 Å². The van der Waals surface area contributed by atoms with E-state index in [1.165, 1.54) is 0 Å². The number of rotatable bonds is 7. The molecule has 0 aromatic heterocycles. The lowest BCUT2D eigenvalue weighted by Gasteiger charge is -2.20. The van der Waals surface area contributed by atoms with Gasteiger partial charge in [-0.1, -0.05) is 13.8 Å². The molecule has 3 amide bonds. The van der Waals surface area contributed by atoms with Crippen molar-refractivity contribution >= 4 is 12.4 Å². The maximum atomic E-state index is 11.6. The predicted octanol–water partition coefficient (Wildman–Crippen LogP) is 0.692. The average molecular weight is 215 g/mol. The summed E-state index contributed by atoms with van der Waals surface area (Å²) in [6, 6.07) is -0.190. The summed E-state index contributed by atoms with van der Waals surface area (Å²) >= 11 is 0. The quantitative estimate of drug-likeness (QED) is 0.613. The zero-order valence-corrected chi connectivity index (χ0v) is 9.53. The van der Waals surface area contributed by atoms with E-state index in [0.29, 0.717) is 25.9 Å². The number of nitrogens with two attached hydrogens (primary N) is 1. The van der Waals surface area contributed by atoms with E-state index in [4.69, 9.17) is 5.73 Å². The second-order valence-electron chi connectivity index (χ2n) is 3.40. The first-order chi connectivity index (χ1) is 7.19. The molecule has 0 aliphatic rings. The van der Waals surface area contributed by atoms with Crippen LogP contribution in [-0.4, -0.2) is 36.5 Å². The number of nitrogens with one attached hydrogen (secondary N) is 1. The normalized spacial score (nSPS) is 10.1. The summed E-state index contributed by atoms with van der Waals surface area (Å²) < 4.78 is 0. The minimum atomic E-state index is -0.327. The van der Waals surface area contributed by atoms with Crippen molar-refractivity contribution in [3.05, 3.63) is 0 Å². The summed E-state index contributed by atoms with van der Waals surface area (Å²) in [7, 11) is 0. The van der Waals surface area contributed by atoms with Gasteiger partial charge in [0.1, 0.15) is 0 Å². The Morgan fingerprint density at radius 1 is 1.47 bits per heavy atom. The first-order valence-electron chi connectivity index (χ1n) is 5.42. The van der Waals surface area contributed by atoms with Gasteiger partial charge in [0.25, 0.3) is 0 Å². The molecular weight excluding hydrogens is 194 g/mol. The van der Waals surface area contributed by atoms with E-state index in [1.807, 2.05) is 13.8 Å². The number of carbonyl (C=O) groups is 2. The first-order valence-corrected chi connectivity index (χ1v) is 5.42. The monoisotopic (exact) mass is 215 g/mol. The smallest absolute Gasteiger partial charge is 0.324 e. The molecule has 0 spiro atoms. The number of hydrogen-bond donors (Lipinski definition) is 2. The van der Waals surface area contributed by atoms with E-state index in [1.54, 1.807) is 0 Å². The molecule has 88 valence electrons. The summed E-state index contributed by atoms with van der Waals surface area (Å²) in [6.07, 6.45) is 2.92. The molecule has 0 fully saturated rings. The zero-order valence-electron chi connectivity index (χ0n) is 9.53. The minimum absolute atomic E-state index is 0.137. The molecule has 0 unspecified atom stereocenters. The minimum Gasteiger partial charge on any atom is -0.335 e. The van der Waals surface area contributed by atoms with Crippen molar-refractivity contribution in [1.29, 1.82) is 0 Å². The molecule has 0 aromatic rings. The van der Waals surface area contributed by atoms with Crippen molar-refractivity contribution in [2.24, 2.45) is 5.73 Å². The standard InChI is InChI=1S/C10H21N3O2/c1-3-9(4-2)12-10(15)13(8-14)7-5-6-11/h8-9H,3-7,11H2,1-2H3,(H,12,15). The van der Waals surface area contributed by atoms with Crippen LogP contribution in [0.1, 0.15) is 33.1 Å². The third-order valence-electron chi connectivity index (χ3n) is 2.30. The fourth-order valence-electron chi connectivity index (χ4n) is 1.21. The van der Waals surface area contributed by atoms with Crippen molar-refractivity contribution in [1.82, 2.24) is 10.2 Å². The molecule has 5 nitrogen and oxygen atoms in total. The maximum absolute atomic E-state index is 11.6. The van der Waals surface area contributed by atoms with Crippen molar-refractivity contribution in [3.8, 4) is 0 Å². The second-order valence-corrected chi connectivity index (χ2v) is 3.40. The summed E-state index contributed by atoms with van der Waals surface area (Å²) in [5.74, 6) is 0. The van der Waals surface area contributed by atoms with Crippen LogP contribution in [0.15, 0.2) is 0 Å². The van der Waals surface area contributed by atoms with Gasteiger partial charge in [0, 0.05) is 12.6 Å². The molecule has 0 heterocycles. The molecule has 0 atom stereocenters. The van der Waals surface area contributed by atoms with Crippen molar-refractivity contribution < 1.29 is 9.59 Å². The largest absolute Gasteiger partial charge is 0.335 e. The Labute approximate surface area is 91.0 Å². The molecule has 0 aromatic carbocycles. The van der Waals surface area contributed by atoms with Crippen LogP contribution >= 0.6 is 0 Å². The summed E-state index contributed by atoms with van der Waals surface area (Å²) in [6.45, 7) is 4.85. The van der Waals surface area contributed by atoms with E-state index in [2.05, 4.69) is 5.32 Å². The Bertz CT molecular complexity index is 193. The van der Waals surface area contributed by atoms with Crippen LogP contribution in [0.4, 0.5) is 4.79 Å². The molecule has 0 aliphatic heterocycles. The van der Waals surface area contributed by atoms with Crippen LogP contribution < -0.4 is 11.1 Å². The fourth-order valence-corrected chi connectivity index (χ4v) is 1.21. The summed E-state index contributed by atoms with van der Waals surface area (Å²) in [5, 5.41) is 2.79. The van der Waals surface area contributed by atoms with E-state index in [0.717, 1.165) is 17.7 Å². The lowest BCUT2D eigenvalue weighted by Crippen LogP contribution is -2.44. The van der Waals surface area contributed by atoms with Gasteiger partial charge in [0.2, 0.25) is 6.41 Å². The number of urea groups is 1. The number of imide groups is 1. The number of nitrogens with zero attached hydrogens (tertiary/aromatic N) is 1. The highest BCUT2D eigenvalue weighted by Gasteiger charge is 2.14. The van der Waals surface area contributed by atoms with Crippen LogP contribution in [0.5, 0.6) is 0 Å². The third-order valence-corrected chi connectivity index (χ3v) is 2.30. The summed E-state index contributed by atoms with van der Waals surface area (Å²) in [5.41, 5.74) is 5.31. The zero-order chi connectivity index (χ0) is 11.7. The van der Waals surface area contributed by atoms with Gasteiger partial charge in [0.05, 0.1) is 0 Å². The highest BCUT2D eigenvalue weighted by atomic mass is 16.2. The van der Waals surface area contributed by atoms with Gasteiger partial charge < -0.3 is 11.1 Å². The molecular formula is C10H21N3O2. The Hall–Kier alpha value is -1.10. The van der Waals surface area contributed by atoms with E-state index >= 15 is 0 Å². The second kappa shape index (κ2) is 8.23. The van der Waals surface area contributed by atoms with E-state index in [-0.39, 0.29) is 12.1 Å². The Kier molecular flexibility index (Phi) is 7.62. The first kappa shape index (κ1) is 13.9. The van der Waals surface area contributed by atoms with Gasteiger partial charge >= 0.3 is 6.03 Å². The SMILES string of the molecule is CCC(CC)NC(=O)N(C=O)CCCN. The van der Waals surface area contributed by atoms with Gasteiger partial charge in [-0.05, 0) is 25.8 Å². The molecule has 0 bridgehead atoms. The van der Waals surface area contributed by atoms with Gasteiger partial charge in [-0.2, -0.15) is 0 Å². The van der Waals surface area contributed by atoms with Crippen LogP contribution in [0.2, 0.25) is 0 Å².